The molecule has 0 unspecified atom stereocenters. The lowest BCUT2D eigenvalue weighted by atomic mass is 10.1. The van der Waals surface area contributed by atoms with Crippen molar-refractivity contribution in [2.45, 2.75) is 12.8 Å². The topological polar surface area (TPSA) is 37.8 Å². The van der Waals surface area contributed by atoms with Gasteiger partial charge in [-0.3, -0.25) is 0 Å². The molecule has 3 nitrogen and oxygen atoms in total. The van der Waals surface area contributed by atoms with Crippen molar-refractivity contribution >= 4 is 16.7 Å². The molecule has 0 saturated carbocycles. The standard InChI is InChI=1S/C17H14F3N3/c18-13-6-2-1-4-11(13)5-3-7-21-17-12-8-14(19)15(20)9-16(12)22-10-23-17/h1-2,4,6,8-10H,3,5,7H2,(H,21,22,23). The molecule has 1 N–H and O–H groups in total. The molecule has 0 spiro atoms. The highest BCUT2D eigenvalue weighted by Gasteiger charge is 2.09. The molecule has 0 aliphatic heterocycles. The predicted octanol–water partition coefficient (Wildman–Crippen LogP) is 4.09. The van der Waals surface area contributed by atoms with Crippen LogP contribution in [0.25, 0.3) is 10.9 Å². The second kappa shape index (κ2) is 6.64. The van der Waals surface area contributed by atoms with Crippen LogP contribution in [0.5, 0.6) is 0 Å². The van der Waals surface area contributed by atoms with E-state index in [1.165, 1.54) is 12.4 Å². The summed E-state index contributed by atoms with van der Waals surface area (Å²) in [7, 11) is 0. The number of halogens is 3. The van der Waals surface area contributed by atoms with Crippen LogP contribution in [0.1, 0.15) is 12.0 Å². The van der Waals surface area contributed by atoms with E-state index in [4.69, 9.17) is 0 Å². The molecule has 0 bridgehead atoms. The van der Waals surface area contributed by atoms with Crippen LogP contribution >= 0.6 is 0 Å². The van der Waals surface area contributed by atoms with E-state index in [2.05, 4.69) is 15.3 Å². The summed E-state index contributed by atoms with van der Waals surface area (Å²) in [5.41, 5.74) is 0.977. The third kappa shape index (κ3) is 3.41. The molecule has 0 amide bonds. The predicted molar refractivity (Wildman–Crippen MR) is 82.7 cm³/mol. The van der Waals surface area contributed by atoms with Gasteiger partial charge in [0.1, 0.15) is 18.0 Å². The van der Waals surface area contributed by atoms with E-state index in [0.717, 1.165) is 12.1 Å². The van der Waals surface area contributed by atoms with Crippen LogP contribution in [0.3, 0.4) is 0 Å². The molecular weight excluding hydrogens is 303 g/mol. The number of aryl methyl sites for hydroxylation is 1. The van der Waals surface area contributed by atoms with Gasteiger partial charge in [0.2, 0.25) is 0 Å². The summed E-state index contributed by atoms with van der Waals surface area (Å²) in [6.45, 7) is 0.527. The number of hydrogen-bond donors (Lipinski definition) is 1. The van der Waals surface area contributed by atoms with Gasteiger partial charge in [-0.05, 0) is 30.5 Å². The molecule has 3 aromatic rings. The van der Waals surface area contributed by atoms with E-state index >= 15 is 0 Å². The smallest absolute Gasteiger partial charge is 0.161 e. The second-order valence-corrected chi connectivity index (χ2v) is 5.13. The first-order chi connectivity index (χ1) is 11.1. The Bertz CT molecular complexity index is 836. The first-order valence-electron chi connectivity index (χ1n) is 7.22. The highest BCUT2D eigenvalue weighted by atomic mass is 19.2. The normalized spacial score (nSPS) is 10.9. The molecule has 0 atom stereocenters. The first kappa shape index (κ1) is 15.3. The quantitative estimate of drug-likeness (QED) is 0.720. The number of anilines is 1. The number of fused-ring (bicyclic) bond motifs is 1. The summed E-state index contributed by atoms with van der Waals surface area (Å²) in [5.74, 6) is -1.68. The molecule has 23 heavy (non-hydrogen) atoms. The van der Waals surface area contributed by atoms with Gasteiger partial charge in [0.15, 0.2) is 11.6 Å². The summed E-state index contributed by atoms with van der Waals surface area (Å²) in [4.78, 5) is 7.98. The minimum Gasteiger partial charge on any atom is -0.369 e. The lowest BCUT2D eigenvalue weighted by Gasteiger charge is -2.09. The molecule has 1 heterocycles. The number of nitrogens with one attached hydrogen (secondary N) is 1. The number of aromatic nitrogens is 2. The van der Waals surface area contributed by atoms with E-state index in [-0.39, 0.29) is 5.82 Å². The molecule has 1 aromatic heterocycles. The van der Waals surface area contributed by atoms with Crippen molar-refractivity contribution in [3.05, 3.63) is 65.7 Å². The highest BCUT2D eigenvalue weighted by molar-refractivity contribution is 5.88. The molecule has 0 aliphatic rings. The van der Waals surface area contributed by atoms with Crippen molar-refractivity contribution in [3.63, 3.8) is 0 Å². The fourth-order valence-electron chi connectivity index (χ4n) is 2.38. The van der Waals surface area contributed by atoms with Gasteiger partial charge in [-0.1, -0.05) is 18.2 Å². The van der Waals surface area contributed by atoms with Gasteiger partial charge in [0, 0.05) is 18.0 Å². The van der Waals surface area contributed by atoms with Crippen LogP contribution in [0.4, 0.5) is 19.0 Å². The van der Waals surface area contributed by atoms with Gasteiger partial charge < -0.3 is 5.32 Å². The summed E-state index contributed by atoms with van der Waals surface area (Å²) < 4.78 is 40.1. The zero-order valence-corrected chi connectivity index (χ0v) is 12.2. The average Bonchev–Trinajstić information content (AvgIpc) is 2.54. The van der Waals surface area contributed by atoms with E-state index in [9.17, 15) is 13.2 Å². The van der Waals surface area contributed by atoms with Gasteiger partial charge in [-0.2, -0.15) is 0 Å². The van der Waals surface area contributed by atoms with E-state index in [1.807, 2.05) is 0 Å². The third-order valence-electron chi connectivity index (χ3n) is 3.55. The second-order valence-electron chi connectivity index (χ2n) is 5.13. The van der Waals surface area contributed by atoms with Crippen molar-refractivity contribution in [1.29, 1.82) is 0 Å². The Morgan fingerprint density at radius 3 is 2.52 bits per heavy atom. The van der Waals surface area contributed by atoms with Gasteiger partial charge in [0.05, 0.1) is 5.52 Å². The van der Waals surface area contributed by atoms with Crippen molar-refractivity contribution in [2.75, 3.05) is 11.9 Å². The van der Waals surface area contributed by atoms with Crippen LogP contribution in [0, 0.1) is 17.5 Å². The largest absolute Gasteiger partial charge is 0.369 e. The summed E-state index contributed by atoms with van der Waals surface area (Å²) in [6, 6.07) is 8.73. The van der Waals surface area contributed by atoms with Crippen LogP contribution in [-0.4, -0.2) is 16.5 Å². The zero-order valence-electron chi connectivity index (χ0n) is 12.2. The maximum atomic E-state index is 13.5. The highest BCUT2D eigenvalue weighted by Crippen LogP contribution is 2.22. The average molecular weight is 317 g/mol. The maximum absolute atomic E-state index is 13.5. The molecule has 0 fully saturated rings. The van der Waals surface area contributed by atoms with Crippen LogP contribution < -0.4 is 5.32 Å². The fourth-order valence-corrected chi connectivity index (χ4v) is 2.38. The van der Waals surface area contributed by atoms with E-state index in [1.54, 1.807) is 18.2 Å². The Hall–Kier alpha value is -2.63. The van der Waals surface area contributed by atoms with E-state index in [0.29, 0.717) is 41.7 Å². The van der Waals surface area contributed by atoms with Crippen molar-refractivity contribution < 1.29 is 13.2 Å². The van der Waals surface area contributed by atoms with Crippen molar-refractivity contribution in [2.24, 2.45) is 0 Å². The van der Waals surface area contributed by atoms with Crippen molar-refractivity contribution in [3.8, 4) is 0 Å². The minimum atomic E-state index is -0.943. The zero-order chi connectivity index (χ0) is 16.2. The van der Waals surface area contributed by atoms with Crippen LogP contribution in [0.2, 0.25) is 0 Å². The number of rotatable bonds is 5. The Morgan fingerprint density at radius 2 is 1.70 bits per heavy atom. The summed E-state index contributed by atoms with van der Waals surface area (Å²) in [5, 5.41) is 3.48. The molecule has 3 rings (SSSR count). The van der Waals surface area contributed by atoms with E-state index < -0.39 is 11.6 Å². The van der Waals surface area contributed by atoms with Crippen LogP contribution in [0.15, 0.2) is 42.7 Å². The summed E-state index contributed by atoms with van der Waals surface area (Å²) in [6.07, 6.45) is 2.54. The number of nitrogens with zero attached hydrogens (tertiary/aromatic N) is 2. The third-order valence-corrected chi connectivity index (χ3v) is 3.55. The molecule has 118 valence electrons. The summed E-state index contributed by atoms with van der Waals surface area (Å²) >= 11 is 0. The Labute approximate surface area is 131 Å². The lowest BCUT2D eigenvalue weighted by Crippen LogP contribution is -2.06. The van der Waals surface area contributed by atoms with Crippen molar-refractivity contribution in [1.82, 2.24) is 9.97 Å². The van der Waals surface area contributed by atoms with Gasteiger partial charge in [-0.15, -0.1) is 0 Å². The molecule has 2 aromatic carbocycles. The molecule has 0 radical (unpaired) electrons. The Kier molecular flexibility index (Phi) is 4.41. The first-order valence-corrected chi connectivity index (χ1v) is 7.22. The molecular formula is C17H14F3N3. The monoisotopic (exact) mass is 317 g/mol. The lowest BCUT2D eigenvalue weighted by molar-refractivity contribution is 0.510. The van der Waals surface area contributed by atoms with Gasteiger partial charge >= 0.3 is 0 Å². The number of hydrogen-bond acceptors (Lipinski definition) is 3. The van der Waals surface area contributed by atoms with Crippen LogP contribution in [-0.2, 0) is 6.42 Å². The molecule has 6 heteroatoms. The molecule has 0 saturated heterocycles. The maximum Gasteiger partial charge on any atom is 0.161 e. The SMILES string of the molecule is Fc1cc2ncnc(NCCCc3ccccc3F)c2cc1F. The van der Waals surface area contributed by atoms with Gasteiger partial charge in [-0.25, -0.2) is 23.1 Å². The molecule has 0 aliphatic carbocycles. The van der Waals surface area contributed by atoms with Gasteiger partial charge in [0.25, 0.3) is 0 Å². The minimum absolute atomic E-state index is 0.225. The Morgan fingerprint density at radius 1 is 0.913 bits per heavy atom. The fraction of sp³-hybridized carbons (Fsp3) is 0.176. The Balaban J connectivity index is 1.68. The number of benzene rings is 2.